The third-order valence-corrected chi connectivity index (χ3v) is 7.42. The smallest absolute Gasteiger partial charge is 0.239 e. The van der Waals surface area contributed by atoms with E-state index in [9.17, 15) is 9.59 Å². The highest BCUT2D eigenvalue weighted by Crippen LogP contribution is 2.69. The number of ketones is 1. The lowest BCUT2D eigenvalue weighted by Gasteiger charge is -2.37. The first-order chi connectivity index (χ1) is 13.7. The molecule has 2 saturated carbocycles. The number of fused-ring (bicyclic) bond motifs is 2. The molecule has 5 nitrogen and oxygen atoms in total. The zero-order valence-corrected chi connectivity index (χ0v) is 17.4. The Morgan fingerprint density at radius 1 is 0.966 bits per heavy atom. The summed E-state index contributed by atoms with van der Waals surface area (Å²) in [7, 11) is 0. The van der Waals surface area contributed by atoms with Crippen LogP contribution in [0, 0.1) is 23.2 Å². The van der Waals surface area contributed by atoms with Gasteiger partial charge in [-0.15, -0.1) is 0 Å². The van der Waals surface area contributed by atoms with E-state index in [4.69, 9.17) is 0 Å². The fourth-order valence-electron chi connectivity index (χ4n) is 5.05. The van der Waals surface area contributed by atoms with Gasteiger partial charge in [0.25, 0.3) is 0 Å². The second kappa shape index (κ2) is 6.55. The van der Waals surface area contributed by atoms with E-state index in [2.05, 4.69) is 22.8 Å². The number of Topliss-reactive ketones (excluding diaryl/α,β-unsaturated/α-hetero) is 1. The average Bonchev–Trinajstić information content (AvgIpc) is 2.98. The van der Waals surface area contributed by atoms with Crippen LogP contribution in [0.1, 0.15) is 39.2 Å². The van der Waals surface area contributed by atoms with Crippen molar-refractivity contribution >= 4 is 28.8 Å². The summed E-state index contributed by atoms with van der Waals surface area (Å²) in [6.45, 7) is 8.07. The molecule has 29 heavy (non-hydrogen) atoms. The summed E-state index contributed by atoms with van der Waals surface area (Å²) in [4.78, 5) is 27.1. The molecule has 2 N–H and O–H groups in total. The average molecular weight is 389 g/mol. The topological polar surface area (TPSA) is 70.6 Å². The molecule has 0 spiro atoms. The lowest BCUT2D eigenvalue weighted by molar-refractivity contribution is -0.140. The molecule has 0 heterocycles. The van der Waals surface area contributed by atoms with Crippen LogP contribution in [0.5, 0.6) is 0 Å². The molecule has 2 fully saturated rings. The second-order valence-corrected chi connectivity index (χ2v) is 8.90. The summed E-state index contributed by atoms with van der Waals surface area (Å²) in [5.74, 6) is -0.388. The first-order valence-electron chi connectivity index (χ1n) is 10.1. The van der Waals surface area contributed by atoms with Crippen molar-refractivity contribution in [2.24, 2.45) is 21.3 Å². The van der Waals surface area contributed by atoms with Gasteiger partial charge in [-0.3, -0.25) is 15.0 Å². The standard InChI is InChI=1S/C24H27N3O2/c1-16-10-8-9-13-18(16)25-21(29)24-15-14-23(4,22(24,2)3)19(20(24)28)27-26-17-11-6-5-7-12-17/h5-13,26H,14-15H2,1-4H3,(H,25,29)/b27-19+. The molecule has 0 aliphatic heterocycles. The Morgan fingerprint density at radius 3 is 2.31 bits per heavy atom. The summed E-state index contributed by atoms with van der Waals surface area (Å²) in [5.41, 5.74) is 3.91. The number of benzene rings is 2. The number of aryl methyl sites for hydroxylation is 1. The molecule has 2 atom stereocenters. The number of amides is 1. The van der Waals surface area contributed by atoms with Gasteiger partial charge in [0.05, 0.1) is 5.69 Å². The number of anilines is 2. The quantitative estimate of drug-likeness (QED) is 0.583. The Hall–Kier alpha value is -2.95. The highest BCUT2D eigenvalue weighted by molar-refractivity contribution is 6.51. The van der Waals surface area contributed by atoms with Crippen LogP contribution in [0.25, 0.3) is 0 Å². The lowest BCUT2D eigenvalue weighted by atomic mass is 9.64. The van der Waals surface area contributed by atoms with E-state index in [1.54, 1.807) is 0 Å². The van der Waals surface area contributed by atoms with Gasteiger partial charge in [0.2, 0.25) is 5.91 Å². The summed E-state index contributed by atoms with van der Waals surface area (Å²) in [5, 5.41) is 7.55. The van der Waals surface area contributed by atoms with E-state index >= 15 is 0 Å². The van der Waals surface area contributed by atoms with Gasteiger partial charge in [0.15, 0.2) is 5.78 Å². The lowest BCUT2D eigenvalue weighted by Crippen LogP contribution is -2.47. The van der Waals surface area contributed by atoms with Gasteiger partial charge in [0, 0.05) is 11.1 Å². The normalized spacial score (nSPS) is 28.6. The zero-order valence-electron chi connectivity index (χ0n) is 17.4. The maximum atomic E-state index is 13.6. The molecule has 1 amide bonds. The van der Waals surface area contributed by atoms with E-state index in [0.717, 1.165) is 23.4 Å². The van der Waals surface area contributed by atoms with Gasteiger partial charge in [-0.1, -0.05) is 57.2 Å². The van der Waals surface area contributed by atoms with Gasteiger partial charge in [-0.25, -0.2) is 0 Å². The molecule has 2 bridgehead atoms. The predicted molar refractivity (Wildman–Crippen MR) is 116 cm³/mol. The molecule has 5 heteroatoms. The minimum absolute atomic E-state index is 0.161. The van der Waals surface area contributed by atoms with E-state index in [0.29, 0.717) is 12.1 Å². The number of rotatable bonds is 4. The monoisotopic (exact) mass is 389 g/mol. The molecule has 2 unspecified atom stereocenters. The van der Waals surface area contributed by atoms with Crippen molar-refractivity contribution in [3.8, 4) is 0 Å². The van der Waals surface area contributed by atoms with Crippen LogP contribution in [0.4, 0.5) is 11.4 Å². The van der Waals surface area contributed by atoms with Crippen LogP contribution in [0.2, 0.25) is 0 Å². The summed E-state index contributed by atoms with van der Waals surface area (Å²) in [6, 6.07) is 17.2. The molecule has 0 aromatic heterocycles. The van der Waals surface area contributed by atoms with Crippen LogP contribution < -0.4 is 10.7 Å². The number of carbonyl (C=O) groups excluding carboxylic acids is 2. The maximum absolute atomic E-state index is 13.6. The molecule has 2 aromatic carbocycles. The Morgan fingerprint density at radius 2 is 1.62 bits per heavy atom. The summed E-state index contributed by atoms with van der Waals surface area (Å²) < 4.78 is 0. The molecule has 2 aromatic rings. The Kier molecular flexibility index (Phi) is 4.37. The number of nitrogens with one attached hydrogen (secondary N) is 2. The fraction of sp³-hybridized carbons (Fsp3) is 0.375. The Balaban J connectivity index is 1.71. The molecular weight excluding hydrogens is 362 g/mol. The summed E-state index contributed by atoms with van der Waals surface area (Å²) in [6.07, 6.45) is 1.29. The molecule has 150 valence electrons. The van der Waals surface area contributed by atoms with E-state index in [1.165, 1.54) is 0 Å². The van der Waals surface area contributed by atoms with Crippen LogP contribution in [0.3, 0.4) is 0 Å². The Bertz CT molecular complexity index is 1010. The Labute approximate surface area is 171 Å². The van der Waals surface area contributed by atoms with Crippen molar-refractivity contribution in [2.75, 3.05) is 10.7 Å². The first-order valence-corrected chi connectivity index (χ1v) is 10.1. The highest BCUT2D eigenvalue weighted by atomic mass is 16.2. The third-order valence-electron chi connectivity index (χ3n) is 7.42. The van der Waals surface area contributed by atoms with E-state index in [-0.39, 0.29) is 11.7 Å². The van der Waals surface area contributed by atoms with Crippen molar-refractivity contribution in [1.82, 2.24) is 0 Å². The molecule has 4 rings (SSSR count). The molecule has 2 aliphatic rings. The molecule has 0 radical (unpaired) electrons. The van der Waals surface area contributed by atoms with Gasteiger partial charge in [-0.05, 0) is 48.9 Å². The molecule has 0 saturated heterocycles. The number of nitrogens with zero attached hydrogens (tertiary/aromatic N) is 1. The van der Waals surface area contributed by atoms with Crippen LogP contribution in [-0.4, -0.2) is 17.4 Å². The van der Waals surface area contributed by atoms with Gasteiger partial charge >= 0.3 is 0 Å². The number of hydrazone groups is 1. The number of hydrogen-bond donors (Lipinski definition) is 2. The largest absolute Gasteiger partial charge is 0.325 e. The number of para-hydroxylation sites is 2. The SMILES string of the molecule is Cc1ccccc1NC(=O)C12CCC(C)(/C(=N/Nc3ccccc3)C1=O)C2(C)C. The molecular formula is C24H27N3O2. The predicted octanol–water partition coefficient (Wildman–Crippen LogP) is 4.80. The van der Waals surface area contributed by atoms with Crippen molar-refractivity contribution in [2.45, 2.75) is 40.5 Å². The fourth-order valence-corrected chi connectivity index (χ4v) is 5.05. The van der Waals surface area contributed by atoms with Gasteiger partial charge < -0.3 is 5.32 Å². The van der Waals surface area contributed by atoms with Crippen molar-refractivity contribution in [3.05, 3.63) is 60.2 Å². The maximum Gasteiger partial charge on any atom is 0.239 e. The number of carbonyl (C=O) groups is 2. The molecule has 2 aliphatic carbocycles. The van der Waals surface area contributed by atoms with Crippen molar-refractivity contribution < 1.29 is 9.59 Å². The zero-order chi connectivity index (χ0) is 20.9. The number of hydrogen-bond acceptors (Lipinski definition) is 4. The van der Waals surface area contributed by atoms with Crippen LogP contribution >= 0.6 is 0 Å². The second-order valence-electron chi connectivity index (χ2n) is 8.90. The third kappa shape index (κ3) is 2.56. The minimum Gasteiger partial charge on any atom is -0.325 e. The van der Waals surface area contributed by atoms with Crippen molar-refractivity contribution in [3.63, 3.8) is 0 Å². The van der Waals surface area contributed by atoms with Gasteiger partial charge in [0.1, 0.15) is 11.1 Å². The van der Waals surface area contributed by atoms with Crippen LogP contribution in [0.15, 0.2) is 59.7 Å². The van der Waals surface area contributed by atoms with Crippen LogP contribution in [-0.2, 0) is 9.59 Å². The van der Waals surface area contributed by atoms with Gasteiger partial charge in [-0.2, -0.15) is 5.10 Å². The minimum atomic E-state index is -1.11. The highest BCUT2D eigenvalue weighted by Gasteiger charge is 2.76. The van der Waals surface area contributed by atoms with E-state index < -0.39 is 16.2 Å². The van der Waals surface area contributed by atoms with E-state index in [1.807, 2.05) is 75.4 Å². The van der Waals surface area contributed by atoms with Crippen molar-refractivity contribution in [1.29, 1.82) is 0 Å². The first kappa shape index (κ1) is 19.4. The summed E-state index contributed by atoms with van der Waals surface area (Å²) >= 11 is 0.